The molecule has 47 heavy (non-hydrogen) atoms. The largest absolute Gasteiger partial charge is 0.460 e. The van der Waals surface area contributed by atoms with E-state index < -0.39 is 53.5 Å². The number of ether oxygens (including phenoxy) is 2. The van der Waals surface area contributed by atoms with Gasteiger partial charge in [-0.25, -0.2) is 4.79 Å². The average Bonchev–Trinajstić information content (AvgIpc) is 3.60. The van der Waals surface area contributed by atoms with E-state index in [2.05, 4.69) is 21.3 Å². The van der Waals surface area contributed by atoms with Crippen molar-refractivity contribution in [1.82, 2.24) is 21.3 Å². The first kappa shape index (κ1) is 37.2. The van der Waals surface area contributed by atoms with Gasteiger partial charge < -0.3 is 30.7 Å². The molecule has 258 valence electrons. The summed E-state index contributed by atoms with van der Waals surface area (Å²) in [6.45, 7) is 10.8. The van der Waals surface area contributed by atoms with Crippen LogP contribution in [0.4, 0.5) is 4.79 Å². The molecule has 5 atom stereocenters. The molecule has 0 spiro atoms. The van der Waals surface area contributed by atoms with E-state index in [4.69, 9.17) is 9.47 Å². The molecule has 3 rings (SSSR count). The van der Waals surface area contributed by atoms with Gasteiger partial charge in [0.05, 0.1) is 5.41 Å². The van der Waals surface area contributed by atoms with Gasteiger partial charge in [0.1, 0.15) is 24.8 Å². The molecule has 1 saturated heterocycles. The fraction of sp³-hybridized carbons (Fsp3) is 0.600. The van der Waals surface area contributed by atoms with Gasteiger partial charge in [-0.2, -0.15) is 0 Å². The number of carbonyl (C=O) groups excluding carboxylic acids is 6. The van der Waals surface area contributed by atoms with Gasteiger partial charge in [0, 0.05) is 24.9 Å². The number of ketones is 1. The maximum atomic E-state index is 13.8. The quantitative estimate of drug-likeness (QED) is 0.175. The Morgan fingerprint density at radius 1 is 0.979 bits per heavy atom. The van der Waals surface area contributed by atoms with E-state index >= 15 is 0 Å². The summed E-state index contributed by atoms with van der Waals surface area (Å²) in [5, 5.41) is 11.0. The number of amides is 4. The second kappa shape index (κ2) is 17.1. The lowest BCUT2D eigenvalue weighted by Gasteiger charge is -2.29. The normalized spacial score (nSPS) is 19.8. The summed E-state index contributed by atoms with van der Waals surface area (Å²) in [5.74, 6) is -2.22. The van der Waals surface area contributed by atoms with Crippen LogP contribution in [0.3, 0.4) is 0 Å². The third-order valence-corrected chi connectivity index (χ3v) is 8.12. The maximum Gasteiger partial charge on any atom is 0.408 e. The Labute approximate surface area is 277 Å². The summed E-state index contributed by atoms with van der Waals surface area (Å²) in [6.07, 6.45) is 2.71. The number of Topliss-reactive ketones (excluding diaryl/α,β-unsaturated/α-hetero) is 1. The number of hydrogen-bond acceptors (Lipinski definition) is 8. The maximum absolute atomic E-state index is 13.8. The topological polar surface area (TPSA) is 169 Å². The summed E-state index contributed by atoms with van der Waals surface area (Å²) in [4.78, 5) is 77.9. The molecule has 4 amide bonds. The molecule has 12 nitrogen and oxygen atoms in total. The van der Waals surface area contributed by atoms with Crippen LogP contribution in [0.25, 0.3) is 0 Å². The lowest BCUT2D eigenvalue weighted by atomic mass is 9.95. The molecule has 0 radical (unpaired) electrons. The van der Waals surface area contributed by atoms with Crippen LogP contribution < -0.4 is 21.3 Å². The van der Waals surface area contributed by atoms with Crippen LogP contribution in [0.5, 0.6) is 0 Å². The summed E-state index contributed by atoms with van der Waals surface area (Å²) in [6, 6.07) is 5.98. The number of alkyl carbamates (subject to hydrolysis) is 1. The minimum atomic E-state index is -1.39. The number of esters is 1. The molecule has 0 aromatic heterocycles. The zero-order chi connectivity index (χ0) is 34.7. The van der Waals surface area contributed by atoms with Gasteiger partial charge in [-0.1, -0.05) is 50.3 Å². The average molecular weight is 655 g/mol. The zero-order valence-electron chi connectivity index (χ0n) is 28.4. The highest BCUT2D eigenvalue weighted by Crippen LogP contribution is 2.24. The monoisotopic (exact) mass is 654 g/mol. The molecule has 2 aliphatic rings. The van der Waals surface area contributed by atoms with Crippen molar-refractivity contribution in [3.8, 4) is 0 Å². The fourth-order valence-electron chi connectivity index (χ4n) is 5.45. The summed E-state index contributed by atoms with van der Waals surface area (Å²) in [7, 11) is 0. The van der Waals surface area contributed by atoms with E-state index in [1.165, 1.54) is 6.92 Å². The molecule has 1 unspecified atom stereocenters. The van der Waals surface area contributed by atoms with Gasteiger partial charge in [0.15, 0.2) is 5.78 Å². The Hall–Kier alpha value is -4.22. The molecule has 1 aliphatic carbocycles. The van der Waals surface area contributed by atoms with E-state index in [1.54, 1.807) is 51.1 Å². The van der Waals surface area contributed by atoms with Gasteiger partial charge in [0.2, 0.25) is 17.7 Å². The minimum Gasteiger partial charge on any atom is -0.460 e. The fourth-order valence-corrected chi connectivity index (χ4v) is 5.45. The van der Waals surface area contributed by atoms with E-state index in [0.717, 1.165) is 12.0 Å². The zero-order valence-corrected chi connectivity index (χ0v) is 28.4. The second-order valence-corrected chi connectivity index (χ2v) is 13.8. The third kappa shape index (κ3) is 11.8. The van der Waals surface area contributed by atoms with Gasteiger partial charge in [-0.3, -0.25) is 24.0 Å². The van der Waals surface area contributed by atoms with Crippen LogP contribution in [0.15, 0.2) is 42.0 Å². The standard InChI is InChI=1S/C35H50N4O8/c1-21(2)17-27(31(42)37-26(18-24-13-10-14-28(24)40)19-25-15-16-36-30(25)41)38-32(43)29(22(3)47-33(44)35(4,5)6)39-34(45)46-20-23-11-8-7-9-12-23/h7-9,11-12,18,21-22,25-27,29H,10,13-17,19-20H2,1-6H3,(H,36,41)(H,37,42)(H,38,43)(H,39,45)/t22?,25-,26+,27-,29-/m0/s1. The number of hydrogen-bond donors (Lipinski definition) is 4. The highest BCUT2D eigenvalue weighted by molar-refractivity contribution is 5.97. The first-order valence-electron chi connectivity index (χ1n) is 16.4. The predicted octanol–water partition coefficient (Wildman–Crippen LogP) is 3.48. The number of benzene rings is 1. The van der Waals surface area contributed by atoms with Crippen molar-refractivity contribution in [2.24, 2.45) is 17.3 Å². The SMILES string of the molecule is CC(C)C[C@H](NC(=O)[C@@H](NC(=O)OCc1ccccc1)C(C)OC(=O)C(C)(C)C)C(=O)N[C@H](C=C1CCCC1=O)C[C@@H]1CCNC1=O. The van der Waals surface area contributed by atoms with Crippen LogP contribution in [0, 0.1) is 17.3 Å². The smallest absolute Gasteiger partial charge is 0.408 e. The van der Waals surface area contributed by atoms with Crippen LogP contribution >= 0.6 is 0 Å². The summed E-state index contributed by atoms with van der Waals surface area (Å²) < 4.78 is 10.9. The van der Waals surface area contributed by atoms with Crippen LogP contribution in [0.1, 0.15) is 85.6 Å². The lowest BCUT2D eigenvalue weighted by Crippen LogP contribution is -2.58. The number of carbonyl (C=O) groups is 6. The van der Waals surface area contributed by atoms with Gasteiger partial charge >= 0.3 is 12.1 Å². The van der Waals surface area contributed by atoms with Crippen molar-refractivity contribution in [3.05, 3.63) is 47.5 Å². The highest BCUT2D eigenvalue weighted by atomic mass is 16.6. The van der Waals surface area contributed by atoms with Gasteiger partial charge in [-0.15, -0.1) is 0 Å². The van der Waals surface area contributed by atoms with E-state index in [1.807, 2.05) is 19.9 Å². The molecule has 1 aliphatic heterocycles. The van der Waals surface area contributed by atoms with Crippen molar-refractivity contribution >= 4 is 35.6 Å². The first-order valence-corrected chi connectivity index (χ1v) is 16.4. The van der Waals surface area contributed by atoms with Crippen molar-refractivity contribution in [2.75, 3.05) is 6.54 Å². The number of nitrogens with one attached hydrogen (secondary N) is 4. The second-order valence-electron chi connectivity index (χ2n) is 13.8. The van der Waals surface area contributed by atoms with E-state index in [9.17, 15) is 28.8 Å². The Bertz CT molecular complexity index is 1320. The molecule has 1 aromatic rings. The molecule has 12 heteroatoms. The van der Waals surface area contributed by atoms with E-state index in [-0.39, 0.29) is 36.6 Å². The molecular weight excluding hydrogens is 604 g/mol. The van der Waals surface area contributed by atoms with Gasteiger partial charge in [0.25, 0.3) is 0 Å². The summed E-state index contributed by atoms with van der Waals surface area (Å²) in [5.41, 5.74) is 0.498. The Kier molecular flexibility index (Phi) is 13.5. The first-order chi connectivity index (χ1) is 22.1. The van der Waals surface area contributed by atoms with Crippen molar-refractivity contribution in [2.45, 2.75) is 111 Å². The van der Waals surface area contributed by atoms with Crippen molar-refractivity contribution in [1.29, 1.82) is 0 Å². The number of rotatable bonds is 14. The molecule has 1 aromatic carbocycles. The molecule has 4 N–H and O–H groups in total. The van der Waals surface area contributed by atoms with E-state index in [0.29, 0.717) is 37.8 Å². The van der Waals surface area contributed by atoms with Gasteiger partial charge in [-0.05, 0) is 76.9 Å². The van der Waals surface area contributed by atoms with Crippen LogP contribution in [0.2, 0.25) is 0 Å². The summed E-state index contributed by atoms with van der Waals surface area (Å²) >= 11 is 0. The molecular formula is C35H50N4O8. The van der Waals surface area contributed by atoms with Crippen LogP contribution in [-0.4, -0.2) is 66.3 Å². The molecule has 1 heterocycles. The number of allylic oxidation sites excluding steroid dienone is 1. The van der Waals surface area contributed by atoms with Crippen LogP contribution in [-0.2, 0) is 40.1 Å². The third-order valence-electron chi connectivity index (χ3n) is 8.12. The molecule has 1 saturated carbocycles. The molecule has 2 fully saturated rings. The lowest BCUT2D eigenvalue weighted by molar-refractivity contribution is -0.160. The minimum absolute atomic E-state index is 0.0155. The van der Waals surface area contributed by atoms with Crippen molar-refractivity contribution < 1.29 is 38.2 Å². The Morgan fingerprint density at radius 2 is 1.68 bits per heavy atom. The Balaban J connectivity index is 1.80. The van der Waals surface area contributed by atoms with Crippen molar-refractivity contribution in [3.63, 3.8) is 0 Å². The molecule has 0 bridgehead atoms. The predicted molar refractivity (Wildman–Crippen MR) is 175 cm³/mol. The Morgan fingerprint density at radius 3 is 2.26 bits per heavy atom. The highest BCUT2D eigenvalue weighted by Gasteiger charge is 2.36.